The van der Waals surface area contributed by atoms with Gasteiger partial charge < -0.3 is 33.4 Å². The molecule has 10 nitrogen and oxygen atoms in total. The fraction of sp³-hybridized carbons (Fsp3) is 0.686. The predicted octanol–water partition coefficient (Wildman–Crippen LogP) is 5.05. The summed E-state index contributed by atoms with van der Waals surface area (Å²) in [6.07, 6.45) is 4.74. The predicted molar refractivity (Wildman–Crippen MR) is 170 cm³/mol. The van der Waals surface area contributed by atoms with E-state index in [1.54, 1.807) is 13.8 Å². The van der Waals surface area contributed by atoms with Crippen LogP contribution in [0.3, 0.4) is 0 Å². The number of carbonyl (C=O) groups excluding carboxylic acids is 3. The molecule has 1 saturated carbocycles. The quantitative estimate of drug-likeness (QED) is 0.332. The molecule has 3 heterocycles. The van der Waals surface area contributed by atoms with Crippen molar-refractivity contribution in [3.63, 3.8) is 0 Å². The summed E-state index contributed by atoms with van der Waals surface area (Å²) in [6, 6.07) is 3.37. The first-order chi connectivity index (χ1) is 21.5. The molecule has 3 fully saturated rings. The van der Waals surface area contributed by atoms with E-state index in [1.165, 1.54) is 10.5 Å². The molecule has 1 aromatic carbocycles. The molecular weight excluding hydrogens is 606 g/mol. The molecule has 0 unspecified atom stereocenters. The SMILES string of the molecule is CC1(C)OC(=O)[C@H](CC(=O)N2CCC[C@H]2C(=O)OC2=CC[C@@]3(O)[C@@H]4CCC[C@@]35c3c(ccc(O[Si](C)(C)C(C)(C)C)c3O[C@@H]25)C4)O1. The van der Waals surface area contributed by atoms with Crippen LogP contribution < -0.4 is 9.16 Å². The van der Waals surface area contributed by atoms with Crippen LogP contribution in [0.1, 0.15) is 90.7 Å². The topological polar surface area (TPSA) is 121 Å². The van der Waals surface area contributed by atoms with Gasteiger partial charge in [0.2, 0.25) is 11.7 Å². The van der Waals surface area contributed by atoms with Gasteiger partial charge in [-0.3, -0.25) is 4.79 Å². The van der Waals surface area contributed by atoms with Gasteiger partial charge in [0.05, 0.1) is 17.4 Å². The Bertz CT molecular complexity index is 1530. The second-order valence-electron chi connectivity index (χ2n) is 16.1. The monoisotopic (exact) mass is 653 g/mol. The lowest BCUT2D eigenvalue weighted by atomic mass is 9.47. The van der Waals surface area contributed by atoms with Crippen LogP contribution in [-0.4, -0.2) is 72.4 Å². The van der Waals surface area contributed by atoms with E-state index in [2.05, 4.69) is 39.9 Å². The number of likely N-dealkylation sites (tertiary alicyclic amines) is 1. The molecule has 3 aliphatic carbocycles. The molecule has 1 aromatic rings. The third kappa shape index (κ3) is 4.58. The number of rotatable bonds is 6. The molecule has 2 bridgehead atoms. The molecular formula is C35H47NO9Si. The lowest BCUT2D eigenvalue weighted by Crippen LogP contribution is -2.67. The van der Waals surface area contributed by atoms with Gasteiger partial charge in [0.25, 0.3) is 8.32 Å². The van der Waals surface area contributed by atoms with Gasteiger partial charge in [0.15, 0.2) is 18.0 Å². The first-order valence-corrected chi connectivity index (χ1v) is 19.7. The van der Waals surface area contributed by atoms with Gasteiger partial charge in [-0.2, -0.15) is 0 Å². The van der Waals surface area contributed by atoms with E-state index in [1.807, 2.05) is 12.1 Å². The minimum atomic E-state index is -2.23. The van der Waals surface area contributed by atoms with Crippen molar-refractivity contribution in [2.24, 2.45) is 5.92 Å². The summed E-state index contributed by atoms with van der Waals surface area (Å²) in [4.78, 5) is 41.0. The van der Waals surface area contributed by atoms with Gasteiger partial charge >= 0.3 is 11.9 Å². The van der Waals surface area contributed by atoms with Gasteiger partial charge in [-0.05, 0) is 80.3 Å². The van der Waals surface area contributed by atoms with Crippen molar-refractivity contribution in [2.45, 2.75) is 139 Å². The highest BCUT2D eigenvalue weighted by molar-refractivity contribution is 6.74. The highest BCUT2D eigenvalue weighted by Gasteiger charge is 2.71. The van der Waals surface area contributed by atoms with Crippen LogP contribution in [0.25, 0.3) is 0 Å². The van der Waals surface area contributed by atoms with E-state index < -0.39 is 55.3 Å². The van der Waals surface area contributed by atoms with Crippen molar-refractivity contribution in [1.29, 1.82) is 0 Å². The first kappa shape index (κ1) is 31.7. The summed E-state index contributed by atoms with van der Waals surface area (Å²) in [5.74, 6) is -0.739. The molecule has 1 N–H and O–H groups in total. The molecule has 46 heavy (non-hydrogen) atoms. The maximum atomic E-state index is 13.9. The van der Waals surface area contributed by atoms with Crippen molar-refractivity contribution in [3.05, 3.63) is 35.1 Å². The highest BCUT2D eigenvalue weighted by atomic mass is 28.4. The molecule has 2 saturated heterocycles. The Morgan fingerprint density at radius 2 is 1.91 bits per heavy atom. The Hall–Kier alpha value is -2.89. The molecule has 6 atom stereocenters. The lowest BCUT2D eigenvalue weighted by Gasteiger charge is -2.59. The number of benzene rings is 1. The molecule has 7 rings (SSSR count). The van der Waals surface area contributed by atoms with Gasteiger partial charge in [0, 0.05) is 26.0 Å². The van der Waals surface area contributed by atoms with E-state index in [0.29, 0.717) is 49.5 Å². The van der Waals surface area contributed by atoms with Crippen molar-refractivity contribution >= 4 is 26.2 Å². The zero-order valence-electron chi connectivity index (χ0n) is 28.1. The number of amides is 1. The van der Waals surface area contributed by atoms with Gasteiger partial charge in [-0.15, -0.1) is 0 Å². The van der Waals surface area contributed by atoms with Crippen molar-refractivity contribution in [2.75, 3.05) is 6.54 Å². The summed E-state index contributed by atoms with van der Waals surface area (Å²) in [6.45, 7) is 14.6. The van der Waals surface area contributed by atoms with Crippen LogP contribution in [0.5, 0.6) is 11.5 Å². The lowest BCUT2D eigenvalue weighted by molar-refractivity contribution is -0.164. The molecule has 250 valence electrons. The molecule has 0 aromatic heterocycles. The maximum absolute atomic E-state index is 13.9. The summed E-state index contributed by atoms with van der Waals surface area (Å²) >= 11 is 0. The number of aliphatic hydroxyl groups is 1. The number of carbonyl (C=O) groups is 3. The van der Waals surface area contributed by atoms with E-state index in [0.717, 1.165) is 24.8 Å². The van der Waals surface area contributed by atoms with E-state index in [4.69, 9.17) is 23.4 Å². The molecule has 1 spiro atoms. The first-order valence-electron chi connectivity index (χ1n) is 16.8. The Balaban J connectivity index is 1.17. The van der Waals surface area contributed by atoms with Crippen LogP contribution in [0.4, 0.5) is 0 Å². The highest BCUT2D eigenvalue weighted by Crippen LogP contribution is 2.67. The minimum absolute atomic E-state index is 0.0263. The van der Waals surface area contributed by atoms with Gasteiger partial charge in [0.1, 0.15) is 17.6 Å². The zero-order valence-corrected chi connectivity index (χ0v) is 29.1. The van der Waals surface area contributed by atoms with Gasteiger partial charge in [-0.25, -0.2) is 9.59 Å². The summed E-state index contributed by atoms with van der Waals surface area (Å²) in [7, 11) is -2.23. The zero-order chi connectivity index (χ0) is 33.0. The minimum Gasteiger partial charge on any atom is -0.541 e. The number of hydrogen-bond acceptors (Lipinski definition) is 9. The standard InChI is InChI=1S/C35H47NO9Si/c1-32(2,3)46(6,7)45-23-13-12-20-18-21-10-8-15-34-27(20)28(23)42-29(34)24(14-16-35(21,34)40)41-30(38)22-11-9-17-36(22)26(37)19-25-31(39)44-33(4,5)43-25/h12-14,21-22,25,29,40H,8-11,15-19H2,1-7H3/t21-,22+,25+,29+,34+,35-/m1/s1. The Labute approximate surface area is 271 Å². The summed E-state index contributed by atoms with van der Waals surface area (Å²) < 4.78 is 30.7. The fourth-order valence-electron chi connectivity index (χ4n) is 8.65. The number of nitrogens with zero attached hydrogens (tertiary/aromatic N) is 1. The summed E-state index contributed by atoms with van der Waals surface area (Å²) in [5.41, 5.74) is 0.399. The smallest absolute Gasteiger partial charge is 0.338 e. The van der Waals surface area contributed by atoms with Crippen LogP contribution in [0.15, 0.2) is 24.0 Å². The molecule has 3 aliphatic heterocycles. The second kappa shape index (κ2) is 10.3. The van der Waals surface area contributed by atoms with Crippen LogP contribution in [-0.2, 0) is 40.4 Å². The largest absolute Gasteiger partial charge is 0.541 e. The number of ether oxygens (including phenoxy) is 4. The Kier molecular flexibility index (Phi) is 7.10. The number of cyclic esters (lactones) is 1. The summed E-state index contributed by atoms with van der Waals surface area (Å²) in [5, 5.41) is 12.5. The third-order valence-electron chi connectivity index (χ3n) is 11.9. The number of hydrogen-bond donors (Lipinski definition) is 1. The Morgan fingerprint density at radius 3 is 2.61 bits per heavy atom. The molecule has 1 amide bonds. The number of esters is 2. The van der Waals surface area contributed by atoms with Crippen molar-refractivity contribution < 1.29 is 42.9 Å². The molecule has 11 heteroatoms. The molecule has 0 radical (unpaired) electrons. The third-order valence-corrected chi connectivity index (χ3v) is 16.2. The van der Waals surface area contributed by atoms with Crippen LogP contribution >= 0.6 is 0 Å². The van der Waals surface area contributed by atoms with Gasteiger partial charge in [-0.1, -0.05) is 33.3 Å². The van der Waals surface area contributed by atoms with Crippen LogP contribution in [0.2, 0.25) is 18.1 Å². The average Bonchev–Trinajstić information content (AvgIpc) is 3.63. The Morgan fingerprint density at radius 1 is 1.15 bits per heavy atom. The van der Waals surface area contributed by atoms with E-state index >= 15 is 0 Å². The second-order valence-corrected chi connectivity index (χ2v) is 20.8. The van der Waals surface area contributed by atoms with E-state index in [9.17, 15) is 19.5 Å². The van der Waals surface area contributed by atoms with E-state index in [-0.39, 0.29) is 23.3 Å². The van der Waals surface area contributed by atoms with Crippen molar-refractivity contribution in [3.8, 4) is 11.5 Å². The van der Waals surface area contributed by atoms with Crippen molar-refractivity contribution in [1.82, 2.24) is 4.90 Å². The van der Waals surface area contributed by atoms with Crippen LogP contribution in [0, 0.1) is 5.92 Å². The normalized spacial score (nSPS) is 34.0. The molecule has 6 aliphatic rings. The maximum Gasteiger partial charge on any atom is 0.338 e. The average molecular weight is 654 g/mol. The fourth-order valence-corrected chi connectivity index (χ4v) is 9.66.